The molecule has 1 aliphatic rings. The summed E-state index contributed by atoms with van der Waals surface area (Å²) in [5.41, 5.74) is -0.429. The fraction of sp³-hybridized carbons (Fsp3) is 0.941. The van der Waals surface area contributed by atoms with Crippen molar-refractivity contribution < 1.29 is 9.53 Å². The number of ether oxygens (including phenoxy) is 1. The van der Waals surface area contributed by atoms with Crippen LogP contribution in [0, 0.1) is 5.92 Å². The normalized spacial score (nSPS) is 24.7. The number of hydrogen-bond acceptors (Lipinski definition) is 3. The Kier molecular flexibility index (Phi) is 6.98. The van der Waals surface area contributed by atoms with Crippen molar-refractivity contribution in [1.29, 1.82) is 0 Å². The lowest BCUT2D eigenvalue weighted by Crippen LogP contribution is -2.48. The van der Waals surface area contributed by atoms with Crippen molar-refractivity contribution >= 4 is 6.09 Å². The van der Waals surface area contributed by atoms with Crippen molar-refractivity contribution in [2.75, 3.05) is 0 Å². The van der Waals surface area contributed by atoms with Gasteiger partial charge in [-0.25, -0.2) is 4.79 Å². The summed E-state index contributed by atoms with van der Waals surface area (Å²) in [7, 11) is 0. The van der Waals surface area contributed by atoms with Crippen LogP contribution in [0.4, 0.5) is 4.79 Å². The summed E-state index contributed by atoms with van der Waals surface area (Å²) < 4.78 is 5.35. The first-order valence-corrected chi connectivity index (χ1v) is 8.46. The molecule has 4 heteroatoms. The van der Waals surface area contributed by atoms with Crippen molar-refractivity contribution in [2.45, 2.75) is 97.4 Å². The fourth-order valence-electron chi connectivity index (χ4n) is 3.03. The molecule has 0 bridgehead atoms. The zero-order valence-electron chi connectivity index (χ0n) is 14.7. The molecule has 3 unspecified atom stereocenters. The highest BCUT2D eigenvalue weighted by molar-refractivity contribution is 5.68. The van der Waals surface area contributed by atoms with Crippen LogP contribution in [0.15, 0.2) is 0 Å². The van der Waals surface area contributed by atoms with Crippen molar-refractivity contribution in [1.82, 2.24) is 10.6 Å². The number of carbonyl (C=O) groups excluding carboxylic acids is 1. The van der Waals surface area contributed by atoms with Gasteiger partial charge in [0.05, 0.1) is 0 Å². The van der Waals surface area contributed by atoms with E-state index in [-0.39, 0.29) is 12.1 Å². The Labute approximate surface area is 130 Å². The van der Waals surface area contributed by atoms with Crippen LogP contribution in [0.5, 0.6) is 0 Å². The maximum atomic E-state index is 11.9. The maximum absolute atomic E-state index is 11.9. The highest BCUT2D eigenvalue weighted by atomic mass is 16.6. The third-order valence-electron chi connectivity index (χ3n) is 4.09. The summed E-state index contributed by atoms with van der Waals surface area (Å²) in [6, 6.07) is 1.30. The van der Waals surface area contributed by atoms with Crippen molar-refractivity contribution in [3.05, 3.63) is 0 Å². The van der Waals surface area contributed by atoms with Gasteiger partial charge in [-0.15, -0.1) is 0 Å². The largest absolute Gasteiger partial charge is 0.444 e. The third-order valence-corrected chi connectivity index (χ3v) is 4.09. The second-order valence-electron chi connectivity index (χ2n) is 7.63. The molecule has 0 spiro atoms. The molecule has 1 fully saturated rings. The summed E-state index contributed by atoms with van der Waals surface area (Å²) in [5, 5.41) is 6.79. The van der Waals surface area contributed by atoms with Crippen LogP contribution >= 0.6 is 0 Å². The van der Waals surface area contributed by atoms with Gasteiger partial charge < -0.3 is 15.4 Å². The molecule has 0 radical (unpaired) electrons. The van der Waals surface area contributed by atoms with E-state index in [4.69, 9.17) is 4.74 Å². The van der Waals surface area contributed by atoms with Crippen LogP contribution in [0.1, 0.15) is 73.6 Å². The molecule has 0 aliphatic heterocycles. The Morgan fingerprint density at radius 3 is 2.38 bits per heavy atom. The maximum Gasteiger partial charge on any atom is 0.407 e. The van der Waals surface area contributed by atoms with E-state index >= 15 is 0 Å². The lowest BCUT2D eigenvalue weighted by molar-refractivity contribution is 0.0487. The van der Waals surface area contributed by atoms with E-state index in [1.165, 1.54) is 6.42 Å². The van der Waals surface area contributed by atoms with Crippen molar-refractivity contribution in [3.8, 4) is 0 Å². The average Bonchev–Trinajstić information content (AvgIpc) is 2.33. The van der Waals surface area contributed by atoms with E-state index < -0.39 is 5.60 Å². The van der Waals surface area contributed by atoms with Gasteiger partial charge in [-0.05, 0) is 58.8 Å². The summed E-state index contributed by atoms with van der Waals surface area (Å²) in [6.07, 6.45) is 5.28. The molecule has 1 rings (SSSR count). The van der Waals surface area contributed by atoms with Gasteiger partial charge in [0.25, 0.3) is 0 Å². The molecule has 2 N–H and O–H groups in total. The van der Waals surface area contributed by atoms with E-state index in [9.17, 15) is 4.79 Å². The molecular formula is C17H34N2O2. The predicted octanol–water partition coefficient (Wildman–Crippen LogP) is 3.85. The molecule has 1 saturated carbocycles. The highest BCUT2D eigenvalue weighted by Gasteiger charge is 2.27. The van der Waals surface area contributed by atoms with E-state index in [2.05, 4.69) is 31.4 Å². The first kappa shape index (κ1) is 18.3. The van der Waals surface area contributed by atoms with Gasteiger partial charge in [0.15, 0.2) is 0 Å². The minimum atomic E-state index is -0.429. The molecule has 1 aliphatic carbocycles. The zero-order chi connectivity index (χ0) is 16.0. The highest BCUT2D eigenvalue weighted by Crippen LogP contribution is 2.21. The van der Waals surface area contributed by atoms with Crippen LogP contribution in [0.25, 0.3) is 0 Å². The SMILES string of the molecule is CCC(NC1CCCC(NC(=O)OC(C)(C)C)C1)C(C)C. The number of rotatable bonds is 5. The van der Waals surface area contributed by atoms with Gasteiger partial charge in [0, 0.05) is 18.1 Å². The van der Waals surface area contributed by atoms with Gasteiger partial charge in [0.2, 0.25) is 0 Å². The second-order valence-corrected chi connectivity index (χ2v) is 7.63. The molecule has 0 aromatic rings. The lowest BCUT2D eigenvalue weighted by atomic mass is 9.89. The smallest absolute Gasteiger partial charge is 0.407 e. The Morgan fingerprint density at radius 1 is 1.24 bits per heavy atom. The van der Waals surface area contributed by atoms with Gasteiger partial charge >= 0.3 is 6.09 Å². The van der Waals surface area contributed by atoms with E-state index in [0.717, 1.165) is 25.7 Å². The average molecular weight is 298 g/mol. The van der Waals surface area contributed by atoms with E-state index in [1.54, 1.807) is 0 Å². The first-order chi connectivity index (χ1) is 9.71. The minimum absolute atomic E-state index is 0.232. The van der Waals surface area contributed by atoms with Gasteiger partial charge in [-0.1, -0.05) is 20.8 Å². The minimum Gasteiger partial charge on any atom is -0.444 e. The predicted molar refractivity (Wildman–Crippen MR) is 87.5 cm³/mol. The van der Waals surface area contributed by atoms with Crippen molar-refractivity contribution in [2.24, 2.45) is 5.92 Å². The number of alkyl carbamates (subject to hydrolysis) is 1. The monoisotopic (exact) mass is 298 g/mol. The van der Waals surface area contributed by atoms with Crippen LogP contribution in [-0.4, -0.2) is 29.8 Å². The van der Waals surface area contributed by atoms with Gasteiger partial charge in [-0.2, -0.15) is 0 Å². The summed E-state index contributed by atoms with van der Waals surface area (Å²) in [5.74, 6) is 0.647. The molecule has 4 nitrogen and oxygen atoms in total. The van der Waals surface area contributed by atoms with Gasteiger partial charge in [-0.3, -0.25) is 0 Å². The Balaban J connectivity index is 2.43. The Morgan fingerprint density at radius 2 is 1.86 bits per heavy atom. The standard InChI is InChI=1S/C17H34N2O2/c1-7-15(12(2)3)18-13-9-8-10-14(11-13)19-16(20)21-17(4,5)6/h12-15,18H,7-11H2,1-6H3,(H,19,20). The molecule has 124 valence electrons. The topological polar surface area (TPSA) is 50.4 Å². The Bertz CT molecular complexity index is 323. The molecule has 0 aromatic carbocycles. The van der Waals surface area contributed by atoms with Gasteiger partial charge in [0.1, 0.15) is 5.60 Å². The zero-order valence-corrected chi connectivity index (χ0v) is 14.7. The lowest BCUT2D eigenvalue weighted by Gasteiger charge is -2.34. The van der Waals surface area contributed by atoms with Crippen LogP contribution in [-0.2, 0) is 4.74 Å². The Hall–Kier alpha value is -0.770. The van der Waals surface area contributed by atoms with Crippen LogP contribution in [0.2, 0.25) is 0 Å². The molecule has 0 aromatic heterocycles. The molecule has 21 heavy (non-hydrogen) atoms. The summed E-state index contributed by atoms with van der Waals surface area (Å²) >= 11 is 0. The number of nitrogens with one attached hydrogen (secondary N) is 2. The van der Waals surface area contributed by atoms with Crippen molar-refractivity contribution in [3.63, 3.8) is 0 Å². The molecule has 0 heterocycles. The summed E-state index contributed by atoms with van der Waals surface area (Å²) in [4.78, 5) is 11.9. The number of carbonyl (C=O) groups is 1. The van der Waals surface area contributed by atoms with E-state index in [0.29, 0.717) is 18.0 Å². The quantitative estimate of drug-likeness (QED) is 0.810. The fourth-order valence-corrected chi connectivity index (χ4v) is 3.03. The molecule has 1 amide bonds. The van der Waals surface area contributed by atoms with E-state index in [1.807, 2.05) is 20.8 Å². The molecule has 0 saturated heterocycles. The van der Waals surface area contributed by atoms with Crippen LogP contribution < -0.4 is 10.6 Å². The first-order valence-electron chi connectivity index (χ1n) is 8.46. The summed E-state index contributed by atoms with van der Waals surface area (Å²) in [6.45, 7) is 12.4. The number of amides is 1. The number of hydrogen-bond donors (Lipinski definition) is 2. The van der Waals surface area contributed by atoms with Crippen LogP contribution in [0.3, 0.4) is 0 Å². The second kappa shape index (κ2) is 8.02. The molecule has 3 atom stereocenters. The third kappa shape index (κ3) is 7.16. The molecular weight excluding hydrogens is 264 g/mol.